The van der Waals surface area contributed by atoms with Gasteiger partial charge in [0.1, 0.15) is 5.75 Å². The van der Waals surface area contributed by atoms with Gasteiger partial charge >= 0.3 is 0 Å². The van der Waals surface area contributed by atoms with Crippen molar-refractivity contribution in [3.8, 4) is 5.75 Å². The Balaban J connectivity index is 0.00000176. The molecule has 0 bridgehead atoms. The molecular formula is C26H40O. The number of benzene rings is 2. The molecule has 0 heterocycles. The Morgan fingerprint density at radius 1 is 0.852 bits per heavy atom. The number of aryl methyl sites for hydroxylation is 1. The first-order valence-electron chi connectivity index (χ1n) is 10.8. The molecule has 150 valence electrons. The van der Waals surface area contributed by atoms with Gasteiger partial charge in [0.25, 0.3) is 0 Å². The number of rotatable bonds is 9. The second-order valence-corrected chi connectivity index (χ2v) is 7.77. The lowest BCUT2D eigenvalue weighted by atomic mass is 9.78. The molecule has 0 aliphatic rings. The molecule has 1 unspecified atom stereocenters. The van der Waals surface area contributed by atoms with Gasteiger partial charge < -0.3 is 4.74 Å². The normalized spacial score (nSPS) is 12.1. The van der Waals surface area contributed by atoms with Crippen LogP contribution in [-0.2, 0) is 11.8 Å². The van der Waals surface area contributed by atoms with Gasteiger partial charge in [0.15, 0.2) is 0 Å². The van der Waals surface area contributed by atoms with E-state index in [2.05, 4.69) is 83.1 Å². The molecule has 27 heavy (non-hydrogen) atoms. The lowest BCUT2D eigenvalue weighted by Crippen LogP contribution is -2.18. The van der Waals surface area contributed by atoms with E-state index in [1.807, 2.05) is 13.8 Å². The first-order chi connectivity index (χ1) is 13.0. The highest BCUT2D eigenvalue weighted by Gasteiger charge is 2.23. The summed E-state index contributed by atoms with van der Waals surface area (Å²) in [5.41, 5.74) is 4.12. The van der Waals surface area contributed by atoms with Crippen molar-refractivity contribution < 1.29 is 4.74 Å². The van der Waals surface area contributed by atoms with Crippen LogP contribution >= 0.6 is 0 Å². The van der Waals surface area contributed by atoms with Gasteiger partial charge in [-0.3, -0.25) is 0 Å². The summed E-state index contributed by atoms with van der Waals surface area (Å²) in [5.74, 6) is 1.57. The average Bonchev–Trinajstić information content (AvgIpc) is 2.72. The molecule has 2 aromatic carbocycles. The van der Waals surface area contributed by atoms with Gasteiger partial charge in [-0.25, -0.2) is 0 Å². The Hall–Kier alpha value is -1.76. The minimum Gasteiger partial charge on any atom is -0.493 e. The molecule has 2 aromatic rings. The van der Waals surface area contributed by atoms with Crippen molar-refractivity contribution >= 4 is 0 Å². The third kappa shape index (κ3) is 7.05. The first-order valence-corrected chi connectivity index (χ1v) is 10.8. The molecule has 0 fully saturated rings. The van der Waals surface area contributed by atoms with E-state index in [0.29, 0.717) is 5.92 Å². The highest BCUT2D eigenvalue weighted by atomic mass is 16.5. The quantitative estimate of drug-likeness (QED) is 0.438. The van der Waals surface area contributed by atoms with Crippen LogP contribution in [0.5, 0.6) is 5.75 Å². The van der Waals surface area contributed by atoms with Crippen LogP contribution < -0.4 is 4.74 Å². The Morgan fingerprint density at radius 3 is 1.85 bits per heavy atom. The maximum Gasteiger partial charge on any atom is 0.119 e. The van der Waals surface area contributed by atoms with Crippen LogP contribution in [0.3, 0.4) is 0 Å². The lowest BCUT2D eigenvalue weighted by Gasteiger charge is -2.26. The zero-order chi connectivity index (χ0) is 20.3. The van der Waals surface area contributed by atoms with Crippen molar-refractivity contribution in [1.82, 2.24) is 0 Å². The van der Waals surface area contributed by atoms with E-state index >= 15 is 0 Å². The first kappa shape index (κ1) is 23.3. The van der Waals surface area contributed by atoms with E-state index in [9.17, 15) is 0 Å². The molecule has 0 amide bonds. The maximum atomic E-state index is 5.89. The number of unbranched alkanes of at least 4 members (excludes halogenated alkanes) is 1. The summed E-state index contributed by atoms with van der Waals surface area (Å²) in [6.07, 6.45) is 4.85. The monoisotopic (exact) mass is 368 g/mol. The van der Waals surface area contributed by atoms with Crippen molar-refractivity contribution in [3.63, 3.8) is 0 Å². The van der Waals surface area contributed by atoms with Gasteiger partial charge in [-0.15, -0.1) is 0 Å². The minimum absolute atomic E-state index is 0.00146. The molecule has 0 aliphatic heterocycles. The Kier molecular flexibility index (Phi) is 10.2. The smallest absolute Gasteiger partial charge is 0.119 e. The Labute approximate surface area is 168 Å². The SMILES string of the molecule is CC.CCCCc1ccc(C(C)(C)c2ccc(OCC(C)CC)cc2)cc1. The van der Waals surface area contributed by atoms with E-state index in [-0.39, 0.29) is 5.41 Å². The molecule has 0 aromatic heterocycles. The molecule has 0 aliphatic carbocycles. The molecular weight excluding hydrogens is 328 g/mol. The van der Waals surface area contributed by atoms with E-state index in [4.69, 9.17) is 4.74 Å². The summed E-state index contributed by atoms with van der Waals surface area (Å²) in [6.45, 7) is 16.0. The molecule has 0 saturated heterocycles. The summed E-state index contributed by atoms with van der Waals surface area (Å²) in [5, 5.41) is 0. The standard InChI is InChI=1S/C24H34O.C2H6/c1-6-8-9-20-10-12-21(13-11-20)24(4,5)22-14-16-23(17-15-22)25-18-19(3)7-2;1-2/h10-17,19H,6-9,18H2,1-5H3;1-2H3. The molecule has 0 saturated carbocycles. The Morgan fingerprint density at radius 2 is 1.37 bits per heavy atom. The van der Waals surface area contributed by atoms with E-state index in [0.717, 1.165) is 18.8 Å². The largest absolute Gasteiger partial charge is 0.493 e. The fourth-order valence-corrected chi connectivity index (χ4v) is 2.96. The van der Waals surface area contributed by atoms with E-state index in [1.165, 1.54) is 36.0 Å². The van der Waals surface area contributed by atoms with Gasteiger partial charge in [0.05, 0.1) is 6.61 Å². The van der Waals surface area contributed by atoms with Crippen LogP contribution in [0.25, 0.3) is 0 Å². The second-order valence-electron chi connectivity index (χ2n) is 7.77. The van der Waals surface area contributed by atoms with Gasteiger partial charge in [0, 0.05) is 5.41 Å². The minimum atomic E-state index is -0.00146. The summed E-state index contributed by atoms with van der Waals surface area (Å²) in [7, 11) is 0. The van der Waals surface area contributed by atoms with Crippen LogP contribution in [0.2, 0.25) is 0 Å². The molecule has 2 rings (SSSR count). The fraction of sp³-hybridized carbons (Fsp3) is 0.538. The summed E-state index contributed by atoms with van der Waals surface area (Å²) in [4.78, 5) is 0. The van der Waals surface area contributed by atoms with Crippen molar-refractivity contribution in [2.24, 2.45) is 5.92 Å². The lowest BCUT2D eigenvalue weighted by molar-refractivity contribution is 0.256. The van der Waals surface area contributed by atoms with Crippen molar-refractivity contribution in [2.45, 2.75) is 79.6 Å². The molecule has 0 N–H and O–H groups in total. The molecule has 0 spiro atoms. The van der Waals surface area contributed by atoms with Crippen molar-refractivity contribution in [1.29, 1.82) is 0 Å². The van der Waals surface area contributed by atoms with Gasteiger partial charge in [0.2, 0.25) is 0 Å². The molecule has 1 nitrogen and oxygen atoms in total. The van der Waals surface area contributed by atoms with Crippen LogP contribution in [0.15, 0.2) is 48.5 Å². The second kappa shape index (κ2) is 11.8. The summed E-state index contributed by atoms with van der Waals surface area (Å²) in [6, 6.07) is 17.8. The van der Waals surface area contributed by atoms with E-state index in [1.54, 1.807) is 0 Å². The zero-order valence-electron chi connectivity index (χ0n) is 18.6. The zero-order valence-corrected chi connectivity index (χ0v) is 18.6. The highest BCUT2D eigenvalue weighted by molar-refractivity contribution is 5.40. The average molecular weight is 369 g/mol. The van der Waals surface area contributed by atoms with Crippen LogP contribution in [0, 0.1) is 5.92 Å². The number of hydrogen-bond acceptors (Lipinski definition) is 1. The van der Waals surface area contributed by atoms with Gasteiger partial charge in [-0.05, 0) is 47.6 Å². The van der Waals surface area contributed by atoms with Gasteiger partial charge in [-0.1, -0.05) is 97.7 Å². The van der Waals surface area contributed by atoms with Gasteiger partial charge in [-0.2, -0.15) is 0 Å². The van der Waals surface area contributed by atoms with Crippen molar-refractivity contribution in [2.75, 3.05) is 6.61 Å². The third-order valence-corrected chi connectivity index (χ3v) is 5.30. The molecule has 1 heteroatoms. The van der Waals surface area contributed by atoms with Crippen LogP contribution in [0.4, 0.5) is 0 Å². The number of hydrogen-bond donors (Lipinski definition) is 0. The predicted octanol–water partition coefficient (Wildman–Crippen LogP) is 7.81. The highest BCUT2D eigenvalue weighted by Crippen LogP contribution is 2.32. The maximum absolute atomic E-state index is 5.89. The Bertz CT molecular complexity index is 622. The molecule has 0 radical (unpaired) electrons. The van der Waals surface area contributed by atoms with Crippen LogP contribution in [-0.4, -0.2) is 6.61 Å². The number of ether oxygens (including phenoxy) is 1. The van der Waals surface area contributed by atoms with E-state index < -0.39 is 0 Å². The fourth-order valence-electron chi connectivity index (χ4n) is 2.96. The predicted molar refractivity (Wildman–Crippen MR) is 120 cm³/mol. The third-order valence-electron chi connectivity index (χ3n) is 5.30. The summed E-state index contributed by atoms with van der Waals surface area (Å²) >= 11 is 0. The summed E-state index contributed by atoms with van der Waals surface area (Å²) < 4.78 is 5.89. The topological polar surface area (TPSA) is 9.23 Å². The van der Waals surface area contributed by atoms with Crippen LogP contribution in [0.1, 0.15) is 84.4 Å². The molecule has 1 atom stereocenters. The van der Waals surface area contributed by atoms with Crippen molar-refractivity contribution in [3.05, 3.63) is 65.2 Å².